The molecule has 0 aromatic heterocycles. The number of aldehydes is 1. The van der Waals surface area contributed by atoms with Crippen molar-refractivity contribution in [1.82, 2.24) is 4.90 Å². The maximum Gasteiger partial charge on any atom is 0.261 e. The summed E-state index contributed by atoms with van der Waals surface area (Å²) in [5.41, 5.74) is 1.85. The normalized spacial score (nSPS) is 16.5. The number of imide groups is 1. The predicted molar refractivity (Wildman–Crippen MR) is 118 cm³/mol. The Morgan fingerprint density at radius 3 is 2.13 bits per heavy atom. The van der Waals surface area contributed by atoms with Gasteiger partial charge in [0.25, 0.3) is 11.8 Å². The minimum Gasteiger partial charge on any atom is -0.494 e. The average Bonchev–Trinajstić information content (AvgIpc) is 3.58. The lowest BCUT2D eigenvalue weighted by molar-refractivity contribution is 0.0570. The van der Waals surface area contributed by atoms with Crippen molar-refractivity contribution in [2.45, 2.75) is 25.7 Å². The van der Waals surface area contributed by atoms with E-state index in [1.165, 1.54) is 4.90 Å². The van der Waals surface area contributed by atoms with Gasteiger partial charge in [-0.2, -0.15) is 0 Å². The van der Waals surface area contributed by atoms with Crippen LogP contribution in [-0.2, 0) is 0 Å². The largest absolute Gasteiger partial charge is 0.494 e. The molecule has 1 aliphatic heterocycles. The molecule has 1 heterocycles. The molecule has 0 atom stereocenters. The Morgan fingerprint density at radius 2 is 1.55 bits per heavy atom. The number of carbonyl (C=O) groups is 3. The number of rotatable bonds is 8. The fourth-order valence-electron chi connectivity index (χ4n) is 4.50. The van der Waals surface area contributed by atoms with E-state index in [0.29, 0.717) is 29.8 Å². The lowest BCUT2D eigenvalue weighted by atomic mass is 9.92. The van der Waals surface area contributed by atoms with Gasteiger partial charge < -0.3 is 4.74 Å². The van der Waals surface area contributed by atoms with Crippen molar-refractivity contribution in [3.63, 3.8) is 0 Å². The van der Waals surface area contributed by atoms with Crippen molar-refractivity contribution in [2.24, 2.45) is 5.41 Å². The smallest absolute Gasteiger partial charge is 0.261 e. The number of carbonyl (C=O) groups excluding carboxylic acids is 3. The maximum atomic E-state index is 13.1. The highest BCUT2D eigenvalue weighted by Gasteiger charge is 2.46. The van der Waals surface area contributed by atoms with Gasteiger partial charge in [-0.15, -0.1) is 0 Å². The first-order valence-corrected chi connectivity index (χ1v) is 10.7. The summed E-state index contributed by atoms with van der Waals surface area (Å²) in [4.78, 5) is 38.5. The second kappa shape index (κ2) is 7.65. The SMILES string of the molecule is O=Cc1ccc(OCCCC2(CN3C(=O)c4cccc5cccc(c45)C3=O)CC2)cc1. The van der Waals surface area contributed by atoms with Crippen LogP contribution in [0.3, 0.4) is 0 Å². The summed E-state index contributed by atoms with van der Waals surface area (Å²) in [7, 11) is 0. The molecule has 5 heteroatoms. The first-order valence-electron chi connectivity index (χ1n) is 10.7. The van der Waals surface area contributed by atoms with Crippen LogP contribution in [0.5, 0.6) is 5.75 Å². The second-order valence-electron chi connectivity index (χ2n) is 8.54. The average molecular weight is 413 g/mol. The lowest BCUT2D eigenvalue weighted by Gasteiger charge is -2.30. The van der Waals surface area contributed by atoms with Crippen LogP contribution in [0.25, 0.3) is 10.8 Å². The highest BCUT2D eigenvalue weighted by atomic mass is 16.5. The van der Waals surface area contributed by atoms with E-state index in [1.807, 2.05) is 36.4 Å². The third kappa shape index (κ3) is 3.61. The summed E-state index contributed by atoms with van der Waals surface area (Å²) in [5, 5.41) is 1.70. The molecule has 0 bridgehead atoms. The van der Waals surface area contributed by atoms with Crippen LogP contribution in [0.2, 0.25) is 0 Å². The van der Waals surface area contributed by atoms with Crippen molar-refractivity contribution in [3.8, 4) is 5.75 Å². The van der Waals surface area contributed by atoms with Crippen molar-refractivity contribution < 1.29 is 19.1 Å². The van der Waals surface area contributed by atoms with E-state index in [0.717, 1.165) is 48.5 Å². The number of nitrogens with zero attached hydrogens (tertiary/aromatic N) is 1. The molecule has 0 saturated heterocycles. The summed E-state index contributed by atoms with van der Waals surface area (Å²) >= 11 is 0. The molecule has 2 aliphatic rings. The Kier molecular flexibility index (Phi) is 4.81. The van der Waals surface area contributed by atoms with Gasteiger partial charge in [-0.05, 0) is 72.9 Å². The third-order valence-electron chi connectivity index (χ3n) is 6.44. The van der Waals surface area contributed by atoms with Gasteiger partial charge in [0.15, 0.2) is 0 Å². The molecule has 0 unspecified atom stereocenters. The maximum absolute atomic E-state index is 13.1. The highest BCUT2D eigenvalue weighted by Crippen LogP contribution is 2.51. The van der Waals surface area contributed by atoms with Crippen molar-refractivity contribution in [3.05, 3.63) is 77.4 Å². The molecular formula is C26H23NO4. The molecule has 5 nitrogen and oxygen atoms in total. The Hall–Kier alpha value is -3.47. The Labute approximate surface area is 180 Å². The molecule has 2 amide bonds. The summed E-state index contributed by atoms with van der Waals surface area (Å²) < 4.78 is 5.78. The predicted octanol–water partition coefficient (Wildman–Crippen LogP) is 4.89. The van der Waals surface area contributed by atoms with Crippen molar-refractivity contribution in [2.75, 3.05) is 13.2 Å². The van der Waals surface area contributed by atoms with Crippen LogP contribution in [0.15, 0.2) is 60.7 Å². The zero-order chi connectivity index (χ0) is 21.4. The molecule has 0 radical (unpaired) electrons. The first-order chi connectivity index (χ1) is 15.1. The molecule has 0 spiro atoms. The van der Waals surface area contributed by atoms with E-state index in [2.05, 4.69) is 0 Å². The summed E-state index contributed by atoms with van der Waals surface area (Å²) in [6, 6.07) is 18.3. The fraction of sp³-hybridized carbons (Fsp3) is 0.269. The molecular weight excluding hydrogens is 390 g/mol. The van der Waals surface area contributed by atoms with Gasteiger partial charge in [0.2, 0.25) is 0 Å². The van der Waals surface area contributed by atoms with Crippen LogP contribution in [-0.4, -0.2) is 36.2 Å². The monoisotopic (exact) mass is 413 g/mol. The topological polar surface area (TPSA) is 63.7 Å². The van der Waals surface area contributed by atoms with Gasteiger partial charge in [-0.1, -0.05) is 24.3 Å². The number of amides is 2. The third-order valence-corrected chi connectivity index (χ3v) is 6.44. The van der Waals surface area contributed by atoms with Crippen LogP contribution >= 0.6 is 0 Å². The summed E-state index contributed by atoms with van der Waals surface area (Å²) in [5.74, 6) is 0.362. The molecule has 0 N–H and O–H groups in total. The van der Waals surface area contributed by atoms with Gasteiger partial charge in [-0.25, -0.2) is 0 Å². The first kappa shape index (κ1) is 19.5. The second-order valence-corrected chi connectivity index (χ2v) is 8.54. The molecule has 156 valence electrons. The Balaban J connectivity index is 1.24. The minimum atomic E-state index is -0.188. The Morgan fingerprint density at radius 1 is 0.903 bits per heavy atom. The van der Waals surface area contributed by atoms with Crippen LogP contribution < -0.4 is 4.74 Å². The van der Waals surface area contributed by atoms with E-state index >= 15 is 0 Å². The van der Waals surface area contributed by atoms with E-state index in [9.17, 15) is 14.4 Å². The molecule has 3 aromatic rings. The van der Waals surface area contributed by atoms with Crippen LogP contribution in [0.4, 0.5) is 0 Å². The fourth-order valence-corrected chi connectivity index (χ4v) is 4.50. The molecule has 3 aromatic carbocycles. The van der Waals surface area contributed by atoms with Crippen molar-refractivity contribution in [1.29, 1.82) is 0 Å². The molecule has 31 heavy (non-hydrogen) atoms. The van der Waals surface area contributed by atoms with Gasteiger partial charge in [0.05, 0.1) is 6.61 Å². The number of hydrogen-bond acceptors (Lipinski definition) is 4. The zero-order valence-corrected chi connectivity index (χ0v) is 17.2. The standard InChI is InChI=1S/C26H23NO4/c28-16-18-8-10-20(11-9-18)31-15-3-12-26(13-14-26)17-27-24(29)21-6-1-4-19-5-2-7-22(23(19)21)25(27)30/h1-2,4-11,16H,3,12-15,17H2. The van der Waals surface area contributed by atoms with Gasteiger partial charge in [0.1, 0.15) is 12.0 Å². The minimum absolute atomic E-state index is 0.00374. The number of benzene rings is 3. The molecule has 1 aliphatic carbocycles. The number of hydrogen-bond donors (Lipinski definition) is 0. The number of ether oxygens (including phenoxy) is 1. The van der Waals surface area contributed by atoms with Gasteiger partial charge in [-0.3, -0.25) is 19.3 Å². The molecule has 1 saturated carbocycles. The molecule has 1 fully saturated rings. The van der Waals surface area contributed by atoms with Crippen LogP contribution in [0.1, 0.15) is 56.8 Å². The lowest BCUT2D eigenvalue weighted by Crippen LogP contribution is -2.43. The zero-order valence-electron chi connectivity index (χ0n) is 17.2. The van der Waals surface area contributed by atoms with Gasteiger partial charge in [0, 0.05) is 28.6 Å². The van der Waals surface area contributed by atoms with E-state index in [1.54, 1.807) is 24.3 Å². The summed E-state index contributed by atoms with van der Waals surface area (Å²) in [6.07, 6.45) is 4.59. The molecule has 5 rings (SSSR count). The highest BCUT2D eigenvalue weighted by molar-refractivity contribution is 6.25. The Bertz CT molecular complexity index is 1130. The van der Waals surface area contributed by atoms with Crippen molar-refractivity contribution >= 4 is 28.9 Å². The quantitative estimate of drug-likeness (QED) is 0.300. The van der Waals surface area contributed by atoms with Gasteiger partial charge >= 0.3 is 0 Å². The van der Waals surface area contributed by atoms with E-state index in [4.69, 9.17) is 4.74 Å². The van der Waals surface area contributed by atoms with Crippen LogP contribution in [0, 0.1) is 5.41 Å². The summed E-state index contributed by atoms with van der Waals surface area (Å²) in [6.45, 7) is 1.02. The van der Waals surface area contributed by atoms with E-state index < -0.39 is 0 Å². The van der Waals surface area contributed by atoms with E-state index in [-0.39, 0.29) is 17.2 Å².